The number of benzene rings is 1. The number of hydrogen-bond acceptors (Lipinski definition) is 5. The van der Waals surface area contributed by atoms with Crippen molar-refractivity contribution in [3.05, 3.63) is 23.8 Å². The van der Waals surface area contributed by atoms with E-state index in [1.54, 1.807) is 20.3 Å². The molecule has 0 bridgehead atoms. The third-order valence-corrected chi connectivity index (χ3v) is 4.21. The predicted octanol–water partition coefficient (Wildman–Crippen LogP) is 0.939. The molecule has 8 heteroatoms. The molecular weight excluding hydrogens is 338 g/mol. The van der Waals surface area contributed by atoms with Gasteiger partial charge in [0.15, 0.2) is 11.5 Å². The molecule has 2 N–H and O–H groups in total. The van der Waals surface area contributed by atoms with Crippen LogP contribution in [-0.4, -0.2) is 56.1 Å². The Morgan fingerprint density at radius 2 is 1.92 bits per heavy atom. The van der Waals surface area contributed by atoms with Crippen molar-refractivity contribution in [1.82, 2.24) is 15.5 Å². The van der Waals surface area contributed by atoms with E-state index in [-0.39, 0.29) is 24.3 Å². The largest absolute Gasteiger partial charge is 0.493 e. The van der Waals surface area contributed by atoms with E-state index >= 15 is 0 Å². The molecule has 0 radical (unpaired) electrons. The second-order valence-corrected chi connectivity index (χ2v) is 6.38. The van der Waals surface area contributed by atoms with Gasteiger partial charge in [-0.2, -0.15) is 0 Å². The number of urea groups is 1. The van der Waals surface area contributed by atoms with Gasteiger partial charge in [-0.1, -0.05) is 19.9 Å². The third-order valence-electron chi connectivity index (χ3n) is 4.21. The maximum atomic E-state index is 12.2. The maximum Gasteiger partial charge on any atom is 0.325 e. The molecule has 1 atom stereocenters. The van der Waals surface area contributed by atoms with E-state index < -0.39 is 12.1 Å². The summed E-state index contributed by atoms with van der Waals surface area (Å²) >= 11 is 0. The van der Waals surface area contributed by atoms with Gasteiger partial charge in [-0.05, 0) is 30.0 Å². The molecule has 1 unspecified atom stereocenters. The molecule has 142 valence electrons. The summed E-state index contributed by atoms with van der Waals surface area (Å²) in [6, 6.07) is 4.44. The Kier molecular flexibility index (Phi) is 6.43. The minimum atomic E-state index is -0.568. The number of hydrogen-bond donors (Lipinski definition) is 2. The van der Waals surface area contributed by atoms with Crippen LogP contribution in [0, 0.1) is 5.92 Å². The molecule has 8 nitrogen and oxygen atoms in total. The van der Waals surface area contributed by atoms with Gasteiger partial charge >= 0.3 is 6.03 Å². The number of nitrogens with one attached hydrogen (secondary N) is 2. The van der Waals surface area contributed by atoms with Gasteiger partial charge < -0.3 is 20.1 Å². The molecule has 1 heterocycles. The quantitative estimate of drug-likeness (QED) is 0.670. The van der Waals surface area contributed by atoms with Crippen LogP contribution in [0.25, 0.3) is 0 Å². The lowest BCUT2D eigenvalue weighted by Gasteiger charge is -2.14. The van der Waals surface area contributed by atoms with E-state index in [1.807, 2.05) is 26.0 Å². The number of methoxy groups -OCH3 is 2. The van der Waals surface area contributed by atoms with E-state index in [0.29, 0.717) is 24.5 Å². The molecule has 0 saturated carbocycles. The molecule has 1 aromatic rings. The van der Waals surface area contributed by atoms with Crippen molar-refractivity contribution in [2.75, 3.05) is 27.3 Å². The number of nitrogens with zero attached hydrogens (tertiary/aromatic N) is 1. The third kappa shape index (κ3) is 4.44. The molecule has 1 aliphatic rings. The van der Waals surface area contributed by atoms with Crippen LogP contribution in [0.5, 0.6) is 11.5 Å². The first-order valence-corrected chi connectivity index (χ1v) is 8.46. The van der Waals surface area contributed by atoms with Crippen molar-refractivity contribution in [2.45, 2.75) is 26.3 Å². The predicted molar refractivity (Wildman–Crippen MR) is 95.1 cm³/mol. The van der Waals surface area contributed by atoms with Gasteiger partial charge in [0.05, 0.1) is 14.2 Å². The topological polar surface area (TPSA) is 97.0 Å². The zero-order valence-electron chi connectivity index (χ0n) is 15.5. The summed E-state index contributed by atoms with van der Waals surface area (Å²) < 4.78 is 10.4. The normalized spacial score (nSPS) is 16.7. The minimum Gasteiger partial charge on any atom is -0.493 e. The second kappa shape index (κ2) is 8.55. The van der Waals surface area contributed by atoms with Crippen LogP contribution in [0.4, 0.5) is 4.79 Å². The highest BCUT2D eigenvalue weighted by atomic mass is 16.5. The van der Waals surface area contributed by atoms with Crippen LogP contribution < -0.4 is 20.1 Å². The smallest absolute Gasteiger partial charge is 0.325 e. The first-order chi connectivity index (χ1) is 12.4. The monoisotopic (exact) mass is 363 g/mol. The van der Waals surface area contributed by atoms with Gasteiger partial charge in [0.2, 0.25) is 5.91 Å². The molecule has 26 heavy (non-hydrogen) atoms. The van der Waals surface area contributed by atoms with E-state index in [9.17, 15) is 14.4 Å². The number of rotatable bonds is 8. The fourth-order valence-electron chi connectivity index (χ4n) is 2.72. The Balaban J connectivity index is 1.84. The molecule has 0 spiro atoms. The van der Waals surface area contributed by atoms with Crippen molar-refractivity contribution >= 4 is 17.8 Å². The average molecular weight is 363 g/mol. The highest BCUT2D eigenvalue weighted by Crippen LogP contribution is 2.27. The van der Waals surface area contributed by atoms with E-state index in [1.165, 1.54) is 0 Å². The lowest BCUT2D eigenvalue weighted by Crippen LogP contribution is -2.42. The summed E-state index contributed by atoms with van der Waals surface area (Å²) in [6.07, 6.45) is 0.584. The van der Waals surface area contributed by atoms with E-state index in [0.717, 1.165) is 10.5 Å². The Morgan fingerprint density at radius 1 is 1.23 bits per heavy atom. The van der Waals surface area contributed by atoms with Gasteiger partial charge in [-0.25, -0.2) is 4.79 Å². The van der Waals surface area contributed by atoms with Gasteiger partial charge in [-0.15, -0.1) is 0 Å². The van der Waals surface area contributed by atoms with Gasteiger partial charge in [0.25, 0.3) is 5.91 Å². The molecule has 4 amide bonds. The molecule has 1 aromatic carbocycles. The highest BCUT2D eigenvalue weighted by Gasteiger charge is 2.40. The maximum absolute atomic E-state index is 12.2. The Labute approximate surface area is 152 Å². The van der Waals surface area contributed by atoms with Crippen LogP contribution in [0.15, 0.2) is 18.2 Å². The van der Waals surface area contributed by atoms with Crippen molar-refractivity contribution < 1.29 is 23.9 Å². The average Bonchev–Trinajstić information content (AvgIpc) is 2.90. The van der Waals surface area contributed by atoms with Crippen LogP contribution >= 0.6 is 0 Å². The number of carbonyl (C=O) groups excluding carboxylic acids is 3. The first-order valence-electron chi connectivity index (χ1n) is 8.46. The van der Waals surface area contributed by atoms with Crippen LogP contribution in [0.2, 0.25) is 0 Å². The molecule has 1 fully saturated rings. The first kappa shape index (κ1) is 19.6. The fourth-order valence-corrected chi connectivity index (χ4v) is 2.72. The highest BCUT2D eigenvalue weighted by molar-refractivity contribution is 6.06. The summed E-state index contributed by atoms with van der Waals surface area (Å²) in [4.78, 5) is 37.0. The summed E-state index contributed by atoms with van der Waals surface area (Å²) in [5, 5.41) is 5.32. The van der Waals surface area contributed by atoms with Gasteiger partial charge in [0, 0.05) is 6.54 Å². The van der Waals surface area contributed by atoms with Gasteiger partial charge in [0.1, 0.15) is 12.6 Å². The van der Waals surface area contributed by atoms with Crippen molar-refractivity contribution in [1.29, 1.82) is 0 Å². The van der Waals surface area contributed by atoms with Crippen molar-refractivity contribution in [3.63, 3.8) is 0 Å². The Bertz CT molecular complexity index is 689. The Hall–Kier alpha value is -2.77. The van der Waals surface area contributed by atoms with E-state index in [2.05, 4.69) is 10.6 Å². The summed E-state index contributed by atoms with van der Waals surface area (Å²) in [7, 11) is 3.13. The molecule has 0 aromatic heterocycles. The lowest BCUT2D eigenvalue weighted by molar-refractivity contribution is -0.132. The summed E-state index contributed by atoms with van der Waals surface area (Å²) in [5.74, 6) is 0.497. The number of ether oxygens (including phenoxy) is 2. The number of amides is 4. The zero-order valence-corrected chi connectivity index (χ0v) is 15.5. The molecule has 1 aliphatic heterocycles. The molecular formula is C18H25N3O5. The van der Waals surface area contributed by atoms with E-state index in [4.69, 9.17) is 9.47 Å². The fraction of sp³-hybridized carbons (Fsp3) is 0.500. The number of carbonyl (C=O) groups is 3. The molecule has 0 aliphatic carbocycles. The van der Waals surface area contributed by atoms with Crippen molar-refractivity contribution in [2.24, 2.45) is 5.92 Å². The summed E-state index contributed by atoms with van der Waals surface area (Å²) in [5.41, 5.74) is 0.970. The van der Waals surface area contributed by atoms with Crippen LogP contribution in [-0.2, 0) is 16.0 Å². The zero-order chi connectivity index (χ0) is 19.3. The molecule has 2 rings (SSSR count). The van der Waals surface area contributed by atoms with Crippen LogP contribution in [0.3, 0.4) is 0 Å². The number of imide groups is 1. The lowest BCUT2D eigenvalue weighted by atomic mass is 10.1. The van der Waals surface area contributed by atoms with Crippen molar-refractivity contribution in [3.8, 4) is 11.5 Å². The summed E-state index contributed by atoms with van der Waals surface area (Å²) in [6.45, 7) is 3.79. The SMILES string of the molecule is COc1ccc(CCNC(=O)CN2C(=O)NC(C(C)C)C2=O)cc1OC. The minimum absolute atomic E-state index is 0.0236. The molecule has 1 saturated heterocycles. The Morgan fingerprint density at radius 3 is 2.50 bits per heavy atom. The van der Waals surface area contributed by atoms with Crippen LogP contribution in [0.1, 0.15) is 19.4 Å². The standard InChI is InChI=1S/C18H25N3O5/c1-11(2)16-17(23)21(18(24)20-16)10-15(22)19-8-7-12-5-6-13(25-3)14(9-12)26-4/h5-6,9,11,16H,7-8,10H2,1-4H3,(H,19,22)(H,20,24). The van der Waals surface area contributed by atoms with Gasteiger partial charge in [-0.3, -0.25) is 14.5 Å². The second-order valence-electron chi connectivity index (χ2n) is 6.38.